The fourth-order valence-electron chi connectivity index (χ4n) is 0.818. The van der Waals surface area contributed by atoms with Crippen molar-refractivity contribution in [2.24, 2.45) is 5.73 Å². The zero-order valence-electron chi connectivity index (χ0n) is 7.28. The van der Waals surface area contributed by atoms with Crippen LogP contribution in [-0.4, -0.2) is 11.6 Å². The number of nitrogens with two attached hydrogens (primary N) is 1. The Bertz CT molecular complexity index is 215. The Kier molecular flexibility index (Phi) is 5.06. The van der Waals surface area contributed by atoms with Gasteiger partial charge in [0.2, 0.25) is 0 Å². The molecule has 0 rings (SSSR count). The van der Waals surface area contributed by atoms with E-state index in [1.807, 2.05) is 36.4 Å². The van der Waals surface area contributed by atoms with Gasteiger partial charge in [-0.05, 0) is 24.2 Å². The van der Waals surface area contributed by atoms with Gasteiger partial charge >= 0.3 is 6.03 Å². The van der Waals surface area contributed by atoms with Gasteiger partial charge in [-0.15, -0.1) is 0 Å². The molecule has 0 heterocycles. The normalized spacial score (nSPS) is 9.92. The van der Waals surface area contributed by atoms with Crippen molar-refractivity contribution in [1.82, 2.24) is 5.32 Å². The van der Waals surface area contributed by atoms with Gasteiger partial charge in [-0.25, -0.2) is 4.79 Å². The molecule has 0 radical (unpaired) electrons. The number of carbonyl (C=O) groups is 1. The molecule has 0 unspecified atom stereocenters. The Morgan fingerprint density at radius 1 is 1.67 bits per heavy atom. The lowest BCUT2D eigenvalue weighted by atomic mass is 9.99. The average Bonchev–Trinajstić information content (AvgIpc) is 1.84. The maximum absolute atomic E-state index is 10.5. The summed E-state index contributed by atoms with van der Waals surface area (Å²) in [5.41, 5.74) is 4.74. The van der Waals surface area contributed by atoms with E-state index in [1.54, 1.807) is 0 Å². The molecular weight excluding hydrogens is 267 g/mol. The van der Waals surface area contributed by atoms with Crippen LogP contribution in [-0.2, 0) is 0 Å². The molecule has 0 atom stereocenters. The summed E-state index contributed by atoms with van der Waals surface area (Å²) >= 11 is 1.99. The van der Waals surface area contributed by atoms with Gasteiger partial charge in [0.25, 0.3) is 0 Å². The molecule has 0 aromatic heterocycles. The first-order valence-corrected chi connectivity index (χ1v) is 4.72. The minimum Gasteiger partial charge on any atom is -0.352 e. The molecular formula is C8H13IN2O. The van der Waals surface area contributed by atoms with Crippen molar-refractivity contribution in [3.05, 3.63) is 0 Å². The zero-order chi connectivity index (χ0) is 9.61. The smallest absolute Gasteiger partial charge is 0.312 e. The molecule has 0 aliphatic carbocycles. The van der Waals surface area contributed by atoms with Crippen LogP contribution in [0.15, 0.2) is 0 Å². The molecule has 0 fully saturated rings. The van der Waals surface area contributed by atoms with Gasteiger partial charge in [0.15, 0.2) is 0 Å². The highest BCUT2D eigenvalue weighted by Gasteiger charge is 2.17. The van der Waals surface area contributed by atoms with Gasteiger partial charge in [0.05, 0.1) is 0 Å². The van der Waals surface area contributed by atoms with E-state index in [4.69, 9.17) is 5.73 Å². The third kappa shape index (κ3) is 6.28. The van der Waals surface area contributed by atoms with Gasteiger partial charge in [0, 0.05) is 34.6 Å². The number of primary amides is 1. The van der Waals surface area contributed by atoms with Crippen molar-refractivity contribution < 1.29 is 4.79 Å². The lowest BCUT2D eigenvalue weighted by Gasteiger charge is -2.23. The SMILES string of the molecule is CC(C)(CCC#CI)NC(N)=O. The quantitative estimate of drug-likeness (QED) is 0.599. The third-order valence-corrected chi connectivity index (χ3v) is 1.78. The van der Waals surface area contributed by atoms with Gasteiger partial charge in [0.1, 0.15) is 0 Å². The van der Waals surface area contributed by atoms with Crippen molar-refractivity contribution in [2.75, 3.05) is 0 Å². The summed E-state index contributed by atoms with van der Waals surface area (Å²) in [5.74, 6) is 2.92. The van der Waals surface area contributed by atoms with Crippen LogP contribution in [0.1, 0.15) is 26.7 Å². The van der Waals surface area contributed by atoms with Crippen LogP contribution in [0.4, 0.5) is 4.79 Å². The standard InChI is InChI=1S/C8H13IN2O/c1-8(2,11-7(10)12)5-3-4-6-9/h3,5H2,1-2H3,(H3,10,11,12). The fourth-order valence-corrected chi connectivity index (χ4v) is 1.09. The molecule has 0 aromatic rings. The van der Waals surface area contributed by atoms with E-state index in [-0.39, 0.29) is 5.54 Å². The van der Waals surface area contributed by atoms with E-state index in [0.717, 1.165) is 12.8 Å². The first-order valence-electron chi connectivity index (χ1n) is 3.64. The number of hydrogen-bond donors (Lipinski definition) is 2. The maximum Gasteiger partial charge on any atom is 0.312 e. The molecule has 3 N–H and O–H groups in total. The molecule has 0 saturated heterocycles. The van der Waals surface area contributed by atoms with Gasteiger partial charge < -0.3 is 11.1 Å². The molecule has 2 amide bonds. The maximum atomic E-state index is 10.5. The number of urea groups is 1. The fraction of sp³-hybridized carbons (Fsp3) is 0.625. The summed E-state index contributed by atoms with van der Waals surface area (Å²) < 4.78 is 2.77. The molecule has 0 bridgehead atoms. The molecule has 0 aliphatic rings. The summed E-state index contributed by atoms with van der Waals surface area (Å²) in [6.07, 6.45) is 1.59. The number of carbonyl (C=O) groups excluding carboxylic acids is 1. The highest BCUT2D eigenvalue weighted by Crippen LogP contribution is 2.09. The predicted molar refractivity (Wildman–Crippen MR) is 57.8 cm³/mol. The zero-order valence-corrected chi connectivity index (χ0v) is 9.44. The second-order valence-corrected chi connectivity index (χ2v) is 3.68. The number of rotatable bonds is 3. The Hall–Kier alpha value is -0.440. The van der Waals surface area contributed by atoms with Crippen molar-refractivity contribution in [3.8, 4) is 9.85 Å². The predicted octanol–water partition coefficient (Wildman–Crippen LogP) is 1.61. The van der Waals surface area contributed by atoms with E-state index in [1.165, 1.54) is 0 Å². The largest absolute Gasteiger partial charge is 0.352 e. The van der Waals surface area contributed by atoms with E-state index in [9.17, 15) is 4.79 Å². The average molecular weight is 280 g/mol. The molecule has 0 aliphatic heterocycles. The molecule has 0 aromatic carbocycles. The van der Waals surface area contributed by atoms with Crippen molar-refractivity contribution in [3.63, 3.8) is 0 Å². The van der Waals surface area contributed by atoms with E-state index < -0.39 is 6.03 Å². The van der Waals surface area contributed by atoms with Crippen LogP contribution in [0, 0.1) is 9.85 Å². The van der Waals surface area contributed by atoms with Crippen LogP contribution >= 0.6 is 22.6 Å². The van der Waals surface area contributed by atoms with Crippen LogP contribution in [0.5, 0.6) is 0 Å². The van der Waals surface area contributed by atoms with Crippen LogP contribution in [0.25, 0.3) is 0 Å². The Labute approximate surface area is 86.6 Å². The first-order chi connectivity index (χ1) is 5.48. The monoisotopic (exact) mass is 280 g/mol. The van der Waals surface area contributed by atoms with E-state index in [0.29, 0.717) is 0 Å². The van der Waals surface area contributed by atoms with Crippen LogP contribution in [0.2, 0.25) is 0 Å². The molecule has 0 saturated carbocycles. The van der Waals surface area contributed by atoms with Gasteiger partial charge in [-0.3, -0.25) is 0 Å². The molecule has 12 heavy (non-hydrogen) atoms. The topological polar surface area (TPSA) is 55.1 Å². The molecule has 68 valence electrons. The third-order valence-electron chi connectivity index (χ3n) is 1.40. The minimum atomic E-state index is -0.484. The Balaban J connectivity index is 3.83. The Morgan fingerprint density at radius 2 is 2.25 bits per heavy atom. The van der Waals surface area contributed by atoms with Crippen molar-refractivity contribution in [1.29, 1.82) is 0 Å². The number of nitrogens with one attached hydrogen (secondary N) is 1. The summed E-state index contributed by atoms with van der Waals surface area (Å²) in [5, 5.41) is 2.65. The summed E-state index contributed by atoms with van der Waals surface area (Å²) in [7, 11) is 0. The van der Waals surface area contributed by atoms with Crippen molar-refractivity contribution in [2.45, 2.75) is 32.2 Å². The lowest BCUT2D eigenvalue weighted by Crippen LogP contribution is -2.46. The Morgan fingerprint density at radius 3 is 2.67 bits per heavy atom. The summed E-state index contributed by atoms with van der Waals surface area (Å²) in [6, 6.07) is -0.484. The second kappa shape index (κ2) is 5.25. The lowest BCUT2D eigenvalue weighted by molar-refractivity contribution is 0.236. The highest BCUT2D eigenvalue weighted by atomic mass is 127. The number of amides is 2. The number of halogens is 1. The minimum absolute atomic E-state index is 0.258. The van der Waals surface area contributed by atoms with Crippen molar-refractivity contribution >= 4 is 28.6 Å². The second-order valence-electron chi connectivity index (χ2n) is 3.14. The van der Waals surface area contributed by atoms with Crippen LogP contribution < -0.4 is 11.1 Å². The van der Waals surface area contributed by atoms with Crippen LogP contribution in [0.3, 0.4) is 0 Å². The molecule has 3 nitrogen and oxygen atoms in total. The molecule has 0 spiro atoms. The summed E-state index contributed by atoms with van der Waals surface area (Å²) in [4.78, 5) is 10.5. The van der Waals surface area contributed by atoms with Gasteiger partial charge in [-0.1, -0.05) is 5.92 Å². The van der Waals surface area contributed by atoms with E-state index >= 15 is 0 Å². The first kappa shape index (κ1) is 11.6. The van der Waals surface area contributed by atoms with E-state index in [2.05, 4.69) is 15.2 Å². The number of hydrogen-bond acceptors (Lipinski definition) is 1. The van der Waals surface area contributed by atoms with Gasteiger partial charge in [-0.2, -0.15) is 0 Å². The summed E-state index contributed by atoms with van der Waals surface area (Å²) in [6.45, 7) is 3.85. The highest BCUT2D eigenvalue weighted by molar-refractivity contribution is 14.1. The molecule has 4 heteroatoms.